The first-order valence-corrected chi connectivity index (χ1v) is 6.85. The molecule has 1 aromatic rings. The number of benzene rings is 1. The van der Waals surface area contributed by atoms with Crippen molar-refractivity contribution in [2.24, 2.45) is 4.99 Å². The molecule has 0 spiro atoms. The highest BCUT2D eigenvalue weighted by Crippen LogP contribution is 2.32. The number of hydrogen-bond acceptors (Lipinski definition) is 3. The van der Waals surface area contributed by atoms with E-state index in [1.165, 1.54) is 11.8 Å². The molecule has 0 unspecified atom stereocenters. The van der Waals surface area contributed by atoms with Crippen LogP contribution in [0.5, 0.6) is 0 Å². The minimum atomic E-state index is 0.0398. The summed E-state index contributed by atoms with van der Waals surface area (Å²) in [6.07, 6.45) is 0.967. The van der Waals surface area contributed by atoms with Gasteiger partial charge < -0.3 is 0 Å². The molecule has 0 atom stereocenters. The first-order valence-electron chi connectivity index (χ1n) is 5.48. The normalized spacial score (nSPS) is 18.1. The van der Waals surface area contributed by atoms with Crippen LogP contribution < -0.4 is 4.90 Å². The van der Waals surface area contributed by atoms with Gasteiger partial charge in [-0.3, -0.25) is 14.7 Å². The van der Waals surface area contributed by atoms with Gasteiger partial charge >= 0.3 is 0 Å². The van der Waals surface area contributed by atoms with Gasteiger partial charge in [0.2, 0.25) is 5.91 Å². The molecule has 1 amide bonds. The van der Waals surface area contributed by atoms with E-state index in [2.05, 4.69) is 11.9 Å². The fraction of sp³-hybridized carbons (Fsp3) is 0.333. The van der Waals surface area contributed by atoms with E-state index < -0.39 is 0 Å². The number of nitrogens with zero attached hydrogens (tertiary/aromatic N) is 2. The van der Waals surface area contributed by atoms with Gasteiger partial charge in [-0.2, -0.15) is 0 Å². The van der Waals surface area contributed by atoms with Crippen molar-refractivity contribution in [3.8, 4) is 0 Å². The van der Waals surface area contributed by atoms with Crippen molar-refractivity contribution >= 4 is 40.1 Å². The lowest BCUT2D eigenvalue weighted by molar-refractivity contribution is -0.115. The molecular weight excluding hydrogens is 256 g/mol. The van der Waals surface area contributed by atoms with Crippen molar-refractivity contribution < 1.29 is 4.79 Å². The molecule has 0 N–H and O–H groups in total. The minimum absolute atomic E-state index is 0.0398. The lowest BCUT2D eigenvalue weighted by Gasteiger charge is -2.17. The molecule has 2 rings (SSSR count). The van der Waals surface area contributed by atoms with Gasteiger partial charge in [-0.1, -0.05) is 42.4 Å². The van der Waals surface area contributed by atoms with E-state index in [-0.39, 0.29) is 5.91 Å². The van der Waals surface area contributed by atoms with E-state index in [1.807, 2.05) is 18.2 Å². The van der Waals surface area contributed by atoms with Crippen LogP contribution in [0.2, 0.25) is 5.02 Å². The average molecular weight is 269 g/mol. The van der Waals surface area contributed by atoms with E-state index >= 15 is 0 Å². The Morgan fingerprint density at radius 1 is 1.47 bits per heavy atom. The molecule has 1 aromatic carbocycles. The molecule has 0 radical (unpaired) electrons. The van der Waals surface area contributed by atoms with Crippen LogP contribution >= 0.6 is 23.4 Å². The third kappa shape index (κ3) is 2.64. The molecule has 1 heterocycles. The molecule has 1 fully saturated rings. The molecule has 0 bridgehead atoms. The van der Waals surface area contributed by atoms with Gasteiger partial charge in [-0.25, -0.2) is 0 Å². The van der Waals surface area contributed by atoms with Gasteiger partial charge in [0.1, 0.15) is 0 Å². The zero-order valence-electron chi connectivity index (χ0n) is 9.52. The first kappa shape index (κ1) is 12.5. The predicted molar refractivity (Wildman–Crippen MR) is 74.0 cm³/mol. The van der Waals surface area contributed by atoms with Crippen LogP contribution in [-0.4, -0.2) is 23.4 Å². The molecule has 90 valence electrons. The number of hydrogen-bond donors (Lipinski definition) is 0. The Labute approximate surface area is 110 Å². The molecule has 1 saturated heterocycles. The van der Waals surface area contributed by atoms with Gasteiger partial charge in [-0.15, -0.1) is 0 Å². The van der Waals surface area contributed by atoms with Crippen molar-refractivity contribution in [1.29, 1.82) is 0 Å². The molecule has 0 saturated carbocycles. The highest BCUT2D eigenvalue weighted by atomic mass is 35.5. The van der Waals surface area contributed by atoms with Crippen LogP contribution in [0.1, 0.15) is 13.3 Å². The van der Waals surface area contributed by atoms with Crippen LogP contribution in [0, 0.1) is 0 Å². The Morgan fingerprint density at radius 2 is 2.24 bits per heavy atom. The maximum absolute atomic E-state index is 11.9. The van der Waals surface area contributed by atoms with Crippen molar-refractivity contribution in [2.45, 2.75) is 13.3 Å². The topological polar surface area (TPSA) is 32.7 Å². The summed E-state index contributed by atoms with van der Waals surface area (Å²) < 4.78 is 0. The molecule has 17 heavy (non-hydrogen) atoms. The summed E-state index contributed by atoms with van der Waals surface area (Å²) in [5.41, 5.74) is 0.721. The number of para-hydroxylation sites is 1. The van der Waals surface area contributed by atoms with Crippen LogP contribution in [-0.2, 0) is 4.79 Å². The van der Waals surface area contributed by atoms with Crippen molar-refractivity contribution in [1.82, 2.24) is 0 Å². The lowest BCUT2D eigenvalue weighted by Crippen LogP contribution is -2.29. The number of amidine groups is 1. The highest BCUT2D eigenvalue weighted by molar-refractivity contribution is 8.15. The first-order chi connectivity index (χ1) is 8.24. The van der Waals surface area contributed by atoms with E-state index in [9.17, 15) is 4.79 Å². The van der Waals surface area contributed by atoms with Gasteiger partial charge in [0.05, 0.1) is 16.5 Å². The van der Waals surface area contributed by atoms with Crippen LogP contribution in [0.25, 0.3) is 0 Å². The van der Waals surface area contributed by atoms with Gasteiger partial charge in [0.15, 0.2) is 5.17 Å². The number of halogens is 1. The number of thioether (sulfide) groups is 1. The standard InChI is InChI=1S/C12H13ClN2OS/c1-2-7-14-12-15(11(16)8-17-12)10-6-4-3-5-9(10)13/h3-6H,2,7-8H2,1H3. The quantitative estimate of drug-likeness (QED) is 0.843. The summed E-state index contributed by atoms with van der Waals surface area (Å²) in [7, 11) is 0. The zero-order chi connectivity index (χ0) is 12.3. The Balaban J connectivity index is 2.34. The van der Waals surface area contributed by atoms with Crippen molar-refractivity contribution in [2.75, 3.05) is 17.2 Å². The Kier molecular flexibility index (Phi) is 4.07. The Bertz CT molecular complexity index is 462. The van der Waals surface area contributed by atoms with Crippen molar-refractivity contribution in [3.05, 3.63) is 29.3 Å². The van der Waals surface area contributed by atoms with E-state index in [0.717, 1.165) is 23.8 Å². The third-order valence-electron chi connectivity index (χ3n) is 2.33. The summed E-state index contributed by atoms with van der Waals surface area (Å²) in [5, 5.41) is 1.33. The Hall–Kier alpha value is -1.00. The van der Waals surface area contributed by atoms with Crippen molar-refractivity contribution in [3.63, 3.8) is 0 Å². The second kappa shape index (κ2) is 5.56. The summed E-state index contributed by atoms with van der Waals surface area (Å²) in [5.74, 6) is 0.478. The molecule has 5 heteroatoms. The predicted octanol–water partition coefficient (Wildman–Crippen LogP) is 3.19. The highest BCUT2D eigenvalue weighted by Gasteiger charge is 2.30. The maximum Gasteiger partial charge on any atom is 0.243 e. The third-order valence-corrected chi connectivity index (χ3v) is 3.61. The van der Waals surface area contributed by atoms with E-state index in [4.69, 9.17) is 11.6 Å². The summed E-state index contributed by atoms with van der Waals surface area (Å²) in [6.45, 7) is 2.79. The average Bonchev–Trinajstić information content (AvgIpc) is 2.69. The molecule has 1 aliphatic rings. The number of carbonyl (C=O) groups excluding carboxylic acids is 1. The second-order valence-electron chi connectivity index (χ2n) is 3.63. The van der Waals surface area contributed by atoms with Crippen LogP contribution in [0.3, 0.4) is 0 Å². The summed E-state index contributed by atoms with van der Waals surface area (Å²) >= 11 is 7.58. The molecule has 1 aliphatic heterocycles. The molecule has 0 aliphatic carbocycles. The number of aliphatic imine (C=N–C) groups is 1. The molecule has 3 nitrogen and oxygen atoms in total. The minimum Gasteiger partial charge on any atom is -0.273 e. The van der Waals surface area contributed by atoms with Gasteiger partial charge in [0, 0.05) is 6.54 Å². The SMILES string of the molecule is CCCN=C1SCC(=O)N1c1ccccc1Cl. The molecular formula is C12H13ClN2OS. The fourth-order valence-electron chi connectivity index (χ4n) is 1.56. The zero-order valence-corrected chi connectivity index (χ0v) is 11.1. The van der Waals surface area contributed by atoms with E-state index in [1.54, 1.807) is 11.0 Å². The number of anilines is 1. The largest absolute Gasteiger partial charge is 0.273 e. The summed E-state index contributed by atoms with van der Waals surface area (Å²) in [6, 6.07) is 7.34. The maximum atomic E-state index is 11.9. The van der Waals surface area contributed by atoms with Gasteiger partial charge in [0.25, 0.3) is 0 Å². The second-order valence-corrected chi connectivity index (χ2v) is 4.98. The van der Waals surface area contributed by atoms with E-state index in [0.29, 0.717) is 10.8 Å². The monoisotopic (exact) mass is 268 g/mol. The van der Waals surface area contributed by atoms with Crippen LogP contribution in [0.4, 0.5) is 5.69 Å². The van der Waals surface area contributed by atoms with Crippen LogP contribution in [0.15, 0.2) is 29.3 Å². The fourth-order valence-corrected chi connectivity index (χ4v) is 2.67. The van der Waals surface area contributed by atoms with Gasteiger partial charge in [-0.05, 0) is 18.6 Å². The number of carbonyl (C=O) groups is 1. The Morgan fingerprint density at radius 3 is 2.94 bits per heavy atom. The lowest BCUT2D eigenvalue weighted by atomic mass is 10.3. The molecule has 0 aromatic heterocycles. The summed E-state index contributed by atoms with van der Waals surface area (Å²) in [4.78, 5) is 17.9. The smallest absolute Gasteiger partial charge is 0.243 e. The number of rotatable bonds is 3. The number of amides is 1.